The molecule has 9 heteroatoms. The van der Waals surface area contributed by atoms with Crippen molar-refractivity contribution in [2.75, 3.05) is 12.4 Å². The van der Waals surface area contributed by atoms with Crippen molar-refractivity contribution in [2.24, 2.45) is 0 Å². The highest BCUT2D eigenvalue weighted by molar-refractivity contribution is 5.75. The molecule has 0 radical (unpaired) electrons. The van der Waals surface area contributed by atoms with Gasteiger partial charge in [-0.3, -0.25) is 10.1 Å². The highest BCUT2D eigenvalue weighted by Gasteiger charge is 2.14. The van der Waals surface area contributed by atoms with Crippen molar-refractivity contribution in [1.29, 1.82) is 5.26 Å². The molecule has 0 aliphatic rings. The summed E-state index contributed by atoms with van der Waals surface area (Å²) in [5.74, 6) is 1.29. The first-order valence-electron chi connectivity index (χ1n) is 6.47. The minimum atomic E-state index is -0.0299. The normalized spacial score (nSPS) is 10.1. The van der Waals surface area contributed by atoms with E-state index in [0.717, 1.165) is 0 Å². The van der Waals surface area contributed by atoms with Gasteiger partial charge in [-0.2, -0.15) is 10.4 Å². The highest BCUT2D eigenvalue weighted by atomic mass is 16.5. The quantitative estimate of drug-likeness (QED) is 0.661. The van der Waals surface area contributed by atoms with E-state index in [4.69, 9.17) is 10.00 Å². The summed E-state index contributed by atoms with van der Waals surface area (Å²) in [4.78, 5) is 11.8. The Morgan fingerprint density at radius 3 is 2.78 bits per heavy atom. The van der Waals surface area contributed by atoms with Crippen LogP contribution in [0.3, 0.4) is 0 Å². The fourth-order valence-electron chi connectivity index (χ4n) is 1.95. The Morgan fingerprint density at radius 1 is 1.22 bits per heavy atom. The van der Waals surface area contributed by atoms with Crippen LogP contribution in [0.5, 0.6) is 11.5 Å². The number of pyridine rings is 1. The van der Waals surface area contributed by atoms with Crippen LogP contribution in [0, 0.1) is 11.3 Å². The average molecular weight is 309 g/mol. The number of anilines is 2. The van der Waals surface area contributed by atoms with Crippen LogP contribution in [-0.2, 0) is 0 Å². The molecule has 23 heavy (non-hydrogen) atoms. The van der Waals surface area contributed by atoms with E-state index < -0.39 is 0 Å². The second kappa shape index (κ2) is 5.98. The zero-order valence-electron chi connectivity index (χ0n) is 12.0. The van der Waals surface area contributed by atoms with Gasteiger partial charge in [0.2, 0.25) is 0 Å². The first kappa shape index (κ1) is 14.3. The molecular formula is C14H11N7O2. The summed E-state index contributed by atoms with van der Waals surface area (Å²) in [6, 6.07) is 3.57. The van der Waals surface area contributed by atoms with Crippen LogP contribution < -0.4 is 10.1 Å². The van der Waals surface area contributed by atoms with E-state index in [1.54, 1.807) is 6.07 Å². The van der Waals surface area contributed by atoms with Crippen molar-refractivity contribution in [2.45, 2.75) is 0 Å². The second-order valence-electron chi connectivity index (χ2n) is 4.43. The summed E-state index contributed by atoms with van der Waals surface area (Å²) in [6.45, 7) is 0. The van der Waals surface area contributed by atoms with Crippen LogP contribution in [0.1, 0.15) is 5.69 Å². The van der Waals surface area contributed by atoms with E-state index in [1.165, 1.54) is 31.9 Å². The van der Waals surface area contributed by atoms with E-state index in [-0.39, 0.29) is 11.4 Å². The molecule has 3 N–H and O–H groups in total. The van der Waals surface area contributed by atoms with Gasteiger partial charge >= 0.3 is 0 Å². The van der Waals surface area contributed by atoms with Crippen molar-refractivity contribution in [3.63, 3.8) is 0 Å². The van der Waals surface area contributed by atoms with Gasteiger partial charge in [0.05, 0.1) is 43.2 Å². The molecule has 0 aliphatic heterocycles. The molecule has 0 fully saturated rings. The number of nitriles is 1. The van der Waals surface area contributed by atoms with Crippen molar-refractivity contribution in [1.82, 2.24) is 25.1 Å². The molecule has 3 aromatic heterocycles. The number of rotatable bonds is 4. The fourth-order valence-corrected chi connectivity index (χ4v) is 1.95. The van der Waals surface area contributed by atoms with Gasteiger partial charge in [-0.25, -0.2) is 9.97 Å². The molecule has 114 valence electrons. The zero-order chi connectivity index (χ0) is 16.2. The van der Waals surface area contributed by atoms with E-state index in [1.807, 2.05) is 6.07 Å². The van der Waals surface area contributed by atoms with E-state index in [9.17, 15) is 5.11 Å². The molecule has 3 aromatic rings. The Morgan fingerprint density at radius 2 is 2.09 bits per heavy atom. The maximum atomic E-state index is 9.97. The lowest BCUT2D eigenvalue weighted by atomic mass is 10.1. The molecule has 0 aromatic carbocycles. The third-order valence-electron chi connectivity index (χ3n) is 2.98. The van der Waals surface area contributed by atoms with Crippen molar-refractivity contribution in [3.05, 3.63) is 36.5 Å². The number of H-pyrrole nitrogens is 1. The maximum Gasteiger partial charge on any atom is 0.158 e. The average Bonchev–Trinajstić information content (AvgIpc) is 3.03. The summed E-state index contributed by atoms with van der Waals surface area (Å²) in [6.07, 6.45) is 5.60. The molecule has 0 amide bonds. The second-order valence-corrected chi connectivity index (χ2v) is 4.43. The van der Waals surface area contributed by atoms with Crippen LogP contribution >= 0.6 is 0 Å². The molecular weight excluding hydrogens is 298 g/mol. The number of hydrogen-bond donors (Lipinski definition) is 3. The fraction of sp³-hybridized carbons (Fsp3) is 0.0714. The van der Waals surface area contributed by atoms with Gasteiger partial charge in [0, 0.05) is 6.07 Å². The van der Waals surface area contributed by atoms with Gasteiger partial charge in [0.25, 0.3) is 0 Å². The van der Waals surface area contributed by atoms with Crippen LogP contribution in [0.15, 0.2) is 30.9 Å². The molecule has 0 bridgehead atoms. The largest absolute Gasteiger partial charge is 0.505 e. The maximum absolute atomic E-state index is 9.97. The number of methoxy groups -OCH3 is 1. The molecule has 0 saturated carbocycles. The predicted molar refractivity (Wildman–Crippen MR) is 80.1 cm³/mol. The number of ether oxygens (including phenoxy) is 1. The third kappa shape index (κ3) is 2.86. The SMILES string of the molecule is COc1cncc(O)c1-c1cc(Nc2cnc(C#N)cn2)n[nH]1. The van der Waals surface area contributed by atoms with Crippen molar-refractivity contribution in [3.8, 4) is 28.8 Å². The van der Waals surface area contributed by atoms with Gasteiger partial charge in [0.1, 0.15) is 23.4 Å². The minimum absolute atomic E-state index is 0.0299. The first-order chi connectivity index (χ1) is 11.2. The number of nitrogens with zero attached hydrogens (tertiary/aromatic N) is 5. The topological polar surface area (TPSA) is 133 Å². The molecule has 0 spiro atoms. The van der Waals surface area contributed by atoms with Crippen LogP contribution in [0.2, 0.25) is 0 Å². The standard InChI is InChI=1S/C14H11N7O2/c1-23-11-6-16-5-10(22)14(11)9-2-12(21-20-9)19-13-7-17-8(3-15)4-18-13/h2,4-7,22H,1H3,(H2,18,19,20,21). The molecule has 3 heterocycles. The third-order valence-corrected chi connectivity index (χ3v) is 2.98. The van der Waals surface area contributed by atoms with Crippen molar-refractivity contribution < 1.29 is 9.84 Å². The summed E-state index contributed by atoms with van der Waals surface area (Å²) in [5, 5.41) is 28.5. The smallest absolute Gasteiger partial charge is 0.158 e. The summed E-state index contributed by atoms with van der Waals surface area (Å²) in [7, 11) is 1.49. The van der Waals surface area contributed by atoms with Crippen molar-refractivity contribution >= 4 is 11.6 Å². The Labute approximate surface area is 130 Å². The lowest BCUT2D eigenvalue weighted by Crippen LogP contribution is -1.95. The van der Waals surface area contributed by atoms with Crippen LogP contribution in [0.4, 0.5) is 11.6 Å². The monoisotopic (exact) mass is 309 g/mol. The number of aromatic nitrogens is 5. The molecule has 0 unspecified atom stereocenters. The van der Waals surface area contributed by atoms with E-state index >= 15 is 0 Å². The lowest BCUT2D eigenvalue weighted by Gasteiger charge is -2.07. The van der Waals surface area contributed by atoms with Gasteiger partial charge in [-0.1, -0.05) is 0 Å². The van der Waals surface area contributed by atoms with E-state index in [2.05, 4.69) is 30.5 Å². The summed E-state index contributed by atoms with van der Waals surface area (Å²) >= 11 is 0. The summed E-state index contributed by atoms with van der Waals surface area (Å²) in [5.41, 5.74) is 1.23. The van der Waals surface area contributed by atoms with Gasteiger partial charge in [0.15, 0.2) is 11.5 Å². The number of hydrogen-bond acceptors (Lipinski definition) is 8. The van der Waals surface area contributed by atoms with Gasteiger partial charge in [-0.15, -0.1) is 0 Å². The molecule has 0 atom stereocenters. The van der Waals surface area contributed by atoms with E-state index in [0.29, 0.717) is 28.6 Å². The van der Waals surface area contributed by atoms with Gasteiger partial charge < -0.3 is 15.2 Å². The predicted octanol–water partition coefficient (Wildman–Crippen LogP) is 1.59. The Balaban J connectivity index is 1.87. The van der Waals surface area contributed by atoms with Crippen LogP contribution in [0.25, 0.3) is 11.3 Å². The molecule has 0 saturated heterocycles. The minimum Gasteiger partial charge on any atom is -0.505 e. The molecule has 9 nitrogen and oxygen atoms in total. The summed E-state index contributed by atoms with van der Waals surface area (Å²) < 4.78 is 5.19. The molecule has 0 aliphatic carbocycles. The number of nitrogens with one attached hydrogen (secondary N) is 2. The Hall–Kier alpha value is -3.67. The Kier molecular flexibility index (Phi) is 3.71. The van der Waals surface area contributed by atoms with Crippen LogP contribution in [-0.4, -0.2) is 37.4 Å². The first-order valence-corrected chi connectivity index (χ1v) is 6.47. The number of aromatic amines is 1. The Bertz CT molecular complexity index is 868. The molecule has 3 rings (SSSR count). The zero-order valence-corrected chi connectivity index (χ0v) is 12.0. The van der Waals surface area contributed by atoms with Gasteiger partial charge in [-0.05, 0) is 0 Å². The highest BCUT2D eigenvalue weighted by Crippen LogP contribution is 2.36. The lowest BCUT2D eigenvalue weighted by molar-refractivity contribution is 0.407. The number of aromatic hydroxyl groups is 1.